The van der Waals surface area contributed by atoms with E-state index in [9.17, 15) is 24.3 Å². The van der Waals surface area contributed by atoms with Crippen molar-refractivity contribution in [2.75, 3.05) is 24.5 Å². The van der Waals surface area contributed by atoms with Gasteiger partial charge in [-0.1, -0.05) is 42.5 Å². The van der Waals surface area contributed by atoms with E-state index in [-0.39, 0.29) is 11.5 Å². The van der Waals surface area contributed by atoms with Crippen LogP contribution < -0.4 is 20.9 Å². The lowest BCUT2D eigenvalue weighted by Crippen LogP contribution is -2.38. The lowest BCUT2D eigenvalue weighted by molar-refractivity contribution is -0.115. The molecule has 0 atom stereocenters. The Morgan fingerprint density at radius 2 is 1.79 bits per heavy atom. The number of anilines is 1. The van der Waals surface area contributed by atoms with Gasteiger partial charge in [-0.05, 0) is 78.5 Å². The van der Waals surface area contributed by atoms with E-state index in [0.29, 0.717) is 52.4 Å². The Kier molecular flexibility index (Phi) is 10.2. The molecule has 4 aromatic rings. The Morgan fingerprint density at radius 3 is 2.54 bits per heavy atom. The molecule has 0 spiro atoms. The summed E-state index contributed by atoms with van der Waals surface area (Å²) in [4.78, 5) is 64.3. The van der Waals surface area contributed by atoms with Crippen molar-refractivity contribution in [2.45, 2.75) is 25.9 Å². The molecule has 3 amide bonds. The number of hydrogen-bond acceptors (Lipinski definition) is 10. The number of aromatic carboxylic acids is 1. The molecule has 0 unspecified atom stereocenters. The third kappa shape index (κ3) is 8.11. The van der Waals surface area contributed by atoms with Gasteiger partial charge in [0.05, 0.1) is 21.9 Å². The normalized spacial score (nSPS) is 15.8. The van der Waals surface area contributed by atoms with E-state index in [0.717, 1.165) is 55.4 Å². The van der Waals surface area contributed by atoms with Crippen molar-refractivity contribution in [3.05, 3.63) is 112 Å². The van der Waals surface area contributed by atoms with E-state index in [2.05, 4.69) is 35.8 Å². The Morgan fingerprint density at radius 1 is 0.979 bits per heavy atom. The van der Waals surface area contributed by atoms with Crippen LogP contribution in [-0.4, -0.2) is 62.7 Å². The molecule has 0 bridgehead atoms. The summed E-state index contributed by atoms with van der Waals surface area (Å²) in [5, 5.41) is 18.2. The first-order chi connectivity index (χ1) is 23.3. The van der Waals surface area contributed by atoms with E-state index in [1.807, 2.05) is 30.3 Å². The second-order valence-corrected chi connectivity index (χ2v) is 12.5. The van der Waals surface area contributed by atoms with Crippen LogP contribution in [0.15, 0.2) is 84.0 Å². The number of nitrogens with one attached hydrogen (secondary N) is 3. The maximum atomic E-state index is 12.8. The quantitative estimate of drug-likeness (QED) is 0.167. The van der Waals surface area contributed by atoms with Crippen LogP contribution in [0, 0.1) is 5.92 Å². The molecule has 4 N–H and O–H groups in total. The number of benzene rings is 2. The zero-order valence-electron chi connectivity index (χ0n) is 25.9. The zero-order valence-corrected chi connectivity index (χ0v) is 26.7. The fraction of sp³-hybridized carbons (Fsp3) is 0.229. The molecule has 2 saturated heterocycles. The molecule has 4 heterocycles. The van der Waals surface area contributed by atoms with Crippen molar-refractivity contribution in [3.8, 4) is 11.3 Å². The molecule has 2 aromatic carbocycles. The molecule has 2 aromatic heterocycles. The highest BCUT2D eigenvalue weighted by Crippen LogP contribution is 2.27. The van der Waals surface area contributed by atoms with Crippen molar-refractivity contribution >= 4 is 46.8 Å². The predicted octanol–water partition coefficient (Wildman–Crippen LogP) is 4.50. The minimum absolute atomic E-state index is 0.0704. The first-order valence-corrected chi connectivity index (χ1v) is 16.3. The lowest BCUT2D eigenvalue weighted by Gasteiger charge is -2.32. The average Bonchev–Trinajstić information content (AvgIpc) is 3.43. The molecule has 6 rings (SSSR count). The number of nitrogens with zero attached hydrogens (tertiary/aromatic N) is 4. The standard InChI is InChI=1S/C35H33N7O5S/c43-31(39-20-22-5-2-1-3-6-22)26-8-4-7-25(16-26)30-28(33(45)46)15-24(21-38-30)19-36-18-23-10-13-42(14-11-23)34-37-12-9-27(40-34)17-29-32(44)41-35(47)48-29/h1-9,12,15-17,21,23,36H,10-11,13-14,18-20H2,(H,39,43)(H,45,46)(H,41,44,47)/b29-17+. The molecular weight excluding hydrogens is 630 g/mol. The predicted molar refractivity (Wildman–Crippen MR) is 182 cm³/mol. The first kappa shape index (κ1) is 32.5. The van der Waals surface area contributed by atoms with Crippen molar-refractivity contribution < 1.29 is 24.3 Å². The highest BCUT2D eigenvalue weighted by molar-refractivity contribution is 8.18. The number of carboxylic acids is 1. The summed E-state index contributed by atoms with van der Waals surface area (Å²) in [5.41, 5.74) is 3.64. The van der Waals surface area contributed by atoms with Gasteiger partial charge in [-0.15, -0.1) is 0 Å². The molecule has 2 aliphatic heterocycles. The number of carbonyl (C=O) groups excluding carboxylic acids is 3. The number of pyridine rings is 1. The van der Waals surface area contributed by atoms with E-state index in [1.54, 1.807) is 54.9 Å². The third-order valence-corrected chi connectivity index (χ3v) is 8.92. The van der Waals surface area contributed by atoms with Crippen molar-refractivity contribution in [1.29, 1.82) is 0 Å². The van der Waals surface area contributed by atoms with Gasteiger partial charge in [-0.25, -0.2) is 14.8 Å². The van der Waals surface area contributed by atoms with Gasteiger partial charge in [0.15, 0.2) is 0 Å². The van der Waals surface area contributed by atoms with Crippen LogP contribution in [0.3, 0.4) is 0 Å². The van der Waals surface area contributed by atoms with Crippen LogP contribution in [-0.2, 0) is 17.9 Å². The Bertz CT molecular complexity index is 1880. The maximum Gasteiger partial charge on any atom is 0.337 e. The first-order valence-electron chi connectivity index (χ1n) is 15.5. The van der Waals surface area contributed by atoms with Gasteiger partial charge in [0.1, 0.15) is 0 Å². The Labute approximate surface area is 281 Å². The second kappa shape index (κ2) is 15.0. The average molecular weight is 664 g/mol. The SMILES string of the molecule is O=C1NC(=O)/C(=C\c2ccnc(N3CCC(CNCc4cnc(-c5cccc(C(=O)NCc6ccccc6)c5)c(C(=O)O)c4)CC3)n2)S1. The van der Waals surface area contributed by atoms with Crippen molar-refractivity contribution in [1.82, 2.24) is 30.9 Å². The fourth-order valence-electron chi connectivity index (χ4n) is 5.59. The molecule has 2 fully saturated rings. The van der Waals surface area contributed by atoms with Crippen LogP contribution in [0.2, 0.25) is 0 Å². The molecular formula is C35H33N7O5S. The van der Waals surface area contributed by atoms with Crippen molar-refractivity contribution in [2.24, 2.45) is 5.92 Å². The zero-order chi connectivity index (χ0) is 33.5. The summed E-state index contributed by atoms with van der Waals surface area (Å²) < 4.78 is 0. The smallest absolute Gasteiger partial charge is 0.337 e. The van der Waals surface area contributed by atoms with Crippen LogP contribution in [0.4, 0.5) is 10.7 Å². The van der Waals surface area contributed by atoms with E-state index in [4.69, 9.17) is 0 Å². The molecule has 2 aliphatic rings. The topological polar surface area (TPSA) is 167 Å². The number of carboxylic acid groups (broad SMARTS) is 1. The van der Waals surface area contributed by atoms with Gasteiger partial charge >= 0.3 is 5.97 Å². The van der Waals surface area contributed by atoms with Crippen LogP contribution in [0.5, 0.6) is 0 Å². The number of aromatic nitrogens is 3. The second-order valence-electron chi connectivity index (χ2n) is 11.5. The molecule has 12 nitrogen and oxygen atoms in total. The third-order valence-electron chi connectivity index (χ3n) is 8.11. The summed E-state index contributed by atoms with van der Waals surface area (Å²) in [7, 11) is 0. The Hall–Kier alpha value is -5.40. The molecule has 0 aliphatic carbocycles. The molecule has 13 heteroatoms. The summed E-state index contributed by atoms with van der Waals surface area (Å²) in [5.74, 6) is -0.771. The van der Waals surface area contributed by atoms with Gasteiger partial charge in [0.25, 0.3) is 17.1 Å². The number of amides is 3. The van der Waals surface area contributed by atoms with Crippen LogP contribution in [0.25, 0.3) is 17.3 Å². The number of hydrogen-bond donors (Lipinski definition) is 4. The minimum atomic E-state index is -1.09. The maximum absolute atomic E-state index is 12.8. The lowest BCUT2D eigenvalue weighted by atomic mass is 9.97. The number of piperidine rings is 1. The van der Waals surface area contributed by atoms with E-state index >= 15 is 0 Å². The van der Waals surface area contributed by atoms with Crippen molar-refractivity contribution in [3.63, 3.8) is 0 Å². The number of rotatable bonds is 11. The molecule has 48 heavy (non-hydrogen) atoms. The summed E-state index contributed by atoms with van der Waals surface area (Å²) in [6, 6.07) is 19.8. The summed E-state index contributed by atoms with van der Waals surface area (Å²) in [6.07, 6.45) is 6.74. The number of carbonyl (C=O) groups is 4. The van der Waals surface area contributed by atoms with E-state index < -0.39 is 17.1 Å². The monoisotopic (exact) mass is 663 g/mol. The van der Waals surface area contributed by atoms with Gasteiger partial charge in [-0.3, -0.25) is 24.7 Å². The highest BCUT2D eigenvalue weighted by Gasteiger charge is 2.26. The highest BCUT2D eigenvalue weighted by atomic mass is 32.2. The fourth-order valence-corrected chi connectivity index (χ4v) is 6.26. The number of thioether (sulfide) groups is 1. The summed E-state index contributed by atoms with van der Waals surface area (Å²) >= 11 is 0.854. The molecule has 0 saturated carbocycles. The van der Waals surface area contributed by atoms with Gasteiger partial charge < -0.3 is 20.6 Å². The Balaban J connectivity index is 1.02. The van der Waals surface area contributed by atoms with Gasteiger partial charge in [0.2, 0.25) is 5.95 Å². The molecule has 244 valence electrons. The van der Waals surface area contributed by atoms with Crippen LogP contribution >= 0.6 is 11.8 Å². The van der Waals surface area contributed by atoms with Gasteiger partial charge in [-0.2, -0.15) is 0 Å². The minimum Gasteiger partial charge on any atom is -0.478 e. The van der Waals surface area contributed by atoms with Gasteiger partial charge in [0, 0.05) is 49.7 Å². The van der Waals surface area contributed by atoms with E-state index in [1.165, 1.54) is 0 Å². The number of imide groups is 1. The summed E-state index contributed by atoms with van der Waals surface area (Å²) in [6.45, 7) is 3.14. The van der Waals surface area contributed by atoms with Crippen LogP contribution in [0.1, 0.15) is 50.4 Å². The molecule has 0 radical (unpaired) electrons. The largest absolute Gasteiger partial charge is 0.478 e.